The smallest absolute Gasteiger partial charge is 0.419 e. The predicted molar refractivity (Wildman–Crippen MR) is 109 cm³/mol. The number of rotatable bonds is 5. The number of aryl methyl sites for hydroxylation is 1. The second-order valence-electron chi connectivity index (χ2n) is 7.03. The highest BCUT2D eigenvalue weighted by atomic mass is 16.4. The first-order valence-electron chi connectivity index (χ1n) is 9.50. The van der Waals surface area contributed by atoms with Crippen molar-refractivity contribution in [3.05, 3.63) is 93.7 Å². The van der Waals surface area contributed by atoms with E-state index in [1.165, 1.54) is 0 Å². The number of benzene rings is 2. The molecule has 0 radical (unpaired) electrons. The number of nitrogens with one attached hydrogen (secondary N) is 1. The number of fused-ring (bicyclic) bond motifs is 1. The Hall–Kier alpha value is -4.00. The van der Waals surface area contributed by atoms with Crippen molar-refractivity contribution < 1.29 is 18.4 Å². The van der Waals surface area contributed by atoms with E-state index in [2.05, 4.69) is 9.97 Å². The highest BCUT2D eigenvalue weighted by Crippen LogP contribution is 2.32. The lowest BCUT2D eigenvalue weighted by atomic mass is 10.0. The number of hydrogen-bond acceptors (Lipinski definition) is 6. The number of H-pyrrole nitrogens is 1. The maximum Gasteiger partial charge on any atom is 0.419 e. The molecule has 7 nitrogen and oxygen atoms in total. The van der Waals surface area contributed by atoms with Crippen LogP contribution in [-0.4, -0.2) is 15.1 Å². The van der Waals surface area contributed by atoms with Gasteiger partial charge in [-0.05, 0) is 25.1 Å². The largest absolute Gasteiger partial charge is 0.492 e. The van der Waals surface area contributed by atoms with Gasteiger partial charge in [-0.3, -0.25) is 4.98 Å². The zero-order valence-corrected chi connectivity index (χ0v) is 16.1. The van der Waals surface area contributed by atoms with Gasteiger partial charge in [0.25, 0.3) is 0 Å². The molecule has 0 spiro atoms. The Morgan fingerprint density at radius 1 is 0.933 bits per heavy atom. The summed E-state index contributed by atoms with van der Waals surface area (Å²) in [6.45, 7) is 1.87. The molecule has 0 amide bonds. The van der Waals surface area contributed by atoms with Crippen LogP contribution in [0.3, 0.4) is 0 Å². The van der Waals surface area contributed by atoms with Crippen molar-refractivity contribution in [3.63, 3.8) is 0 Å². The molecule has 5 rings (SSSR count). The Labute approximate surface area is 170 Å². The molecule has 0 aliphatic carbocycles. The first-order valence-corrected chi connectivity index (χ1v) is 9.50. The number of oxazole rings is 2. The van der Waals surface area contributed by atoms with Crippen LogP contribution in [-0.2, 0) is 12.8 Å². The zero-order chi connectivity index (χ0) is 20.7. The molecule has 0 saturated heterocycles. The van der Waals surface area contributed by atoms with Gasteiger partial charge in [0.15, 0.2) is 5.76 Å². The number of aromatic amines is 1. The summed E-state index contributed by atoms with van der Waals surface area (Å²) in [5.41, 5.74) is 3.20. The molecule has 0 aliphatic heterocycles. The van der Waals surface area contributed by atoms with Crippen molar-refractivity contribution in [1.82, 2.24) is 9.97 Å². The number of para-hydroxylation sites is 1. The number of aromatic hydroxyl groups is 1. The van der Waals surface area contributed by atoms with Crippen LogP contribution in [0.2, 0.25) is 0 Å². The molecule has 0 aliphatic rings. The first-order chi connectivity index (χ1) is 14.6. The molecule has 7 heteroatoms. The molecule has 0 bridgehead atoms. The minimum absolute atomic E-state index is 0.162. The fourth-order valence-electron chi connectivity index (χ4n) is 3.57. The molecular formula is C23H18N2O5. The van der Waals surface area contributed by atoms with Gasteiger partial charge in [0.1, 0.15) is 17.1 Å². The van der Waals surface area contributed by atoms with Crippen LogP contribution in [0.25, 0.3) is 22.4 Å². The third kappa shape index (κ3) is 3.20. The Morgan fingerprint density at radius 2 is 1.70 bits per heavy atom. The first kappa shape index (κ1) is 18.1. The number of hydrogen-bond donors (Lipinski definition) is 2. The lowest BCUT2D eigenvalue weighted by Crippen LogP contribution is -1.96. The van der Waals surface area contributed by atoms with Crippen LogP contribution < -0.4 is 5.76 Å². The quantitative estimate of drug-likeness (QED) is 0.446. The molecule has 30 heavy (non-hydrogen) atoms. The maximum absolute atomic E-state index is 11.4. The van der Waals surface area contributed by atoms with Crippen LogP contribution in [0.1, 0.15) is 28.5 Å². The van der Waals surface area contributed by atoms with Gasteiger partial charge in [0.2, 0.25) is 11.8 Å². The fourth-order valence-corrected chi connectivity index (χ4v) is 3.57. The summed E-state index contributed by atoms with van der Waals surface area (Å²) in [4.78, 5) is 18.3. The molecule has 2 aromatic carbocycles. The second-order valence-corrected chi connectivity index (χ2v) is 7.03. The summed E-state index contributed by atoms with van der Waals surface area (Å²) < 4.78 is 17.1. The highest BCUT2D eigenvalue weighted by molar-refractivity contribution is 5.82. The van der Waals surface area contributed by atoms with Crippen LogP contribution in [0.4, 0.5) is 0 Å². The third-order valence-electron chi connectivity index (χ3n) is 5.06. The van der Waals surface area contributed by atoms with Crippen LogP contribution in [0.5, 0.6) is 5.88 Å². The molecule has 3 heterocycles. The second kappa shape index (κ2) is 7.11. The van der Waals surface area contributed by atoms with Gasteiger partial charge in [-0.15, -0.1) is 0 Å². The van der Waals surface area contributed by atoms with Gasteiger partial charge >= 0.3 is 5.76 Å². The van der Waals surface area contributed by atoms with Crippen molar-refractivity contribution in [2.75, 3.05) is 0 Å². The van der Waals surface area contributed by atoms with Crippen LogP contribution >= 0.6 is 0 Å². The minimum Gasteiger partial charge on any atom is -0.492 e. The van der Waals surface area contributed by atoms with Crippen molar-refractivity contribution in [3.8, 4) is 17.3 Å². The number of aromatic nitrogens is 2. The molecule has 5 aromatic rings. The Morgan fingerprint density at radius 3 is 2.47 bits per heavy atom. The molecule has 2 N–H and O–H groups in total. The third-order valence-corrected chi connectivity index (χ3v) is 5.06. The summed E-state index contributed by atoms with van der Waals surface area (Å²) in [5.74, 6) is 1.12. The summed E-state index contributed by atoms with van der Waals surface area (Å²) in [6, 6.07) is 17.3. The zero-order valence-electron chi connectivity index (χ0n) is 16.1. The van der Waals surface area contributed by atoms with E-state index in [1.807, 2.05) is 61.5 Å². The number of nitrogens with zero attached hydrogens (tertiary/aromatic N) is 1. The Kier molecular flexibility index (Phi) is 4.28. The van der Waals surface area contributed by atoms with E-state index >= 15 is 0 Å². The molecule has 0 saturated carbocycles. The summed E-state index contributed by atoms with van der Waals surface area (Å²) in [7, 11) is 0. The molecule has 0 fully saturated rings. The van der Waals surface area contributed by atoms with Gasteiger partial charge < -0.3 is 18.4 Å². The lowest BCUT2D eigenvalue weighted by Gasteiger charge is -2.01. The minimum atomic E-state index is -0.698. The van der Waals surface area contributed by atoms with E-state index in [4.69, 9.17) is 13.3 Å². The van der Waals surface area contributed by atoms with Gasteiger partial charge in [-0.25, -0.2) is 9.78 Å². The summed E-state index contributed by atoms with van der Waals surface area (Å²) in [6.07, 6.45) is 0.612. The standard InChI is InChI=1S/C23H18N2O5/c1-13-17(24-22(28-13)14-7-3-2-4-8-14)12-19-16(11-20-21(26)25-23(27)30-20)15-9-5-6-10-18(15)29-19/h2-10,26H,11-12H2,1H3,(H,25,27). The van der Waals surface area contributed by atoms with Gasteiger partial charge in [0, 0.05) is 22.9 Å². The SMILES string of the molecule is Cc1oc(-c2ccccc2)nc1Cc1oc2ccccc2c1Cc1oc(=O)[nH]c1O. The average Bonchev–Trinajstić information content (AvgIpc) is 3.39. The van der Waals surface area contributed by atoms with Crippen LogP contribution in [0, 0.1) is 6.92 Å². The van der Waals surface area contributed by atoms with Gasteiger partial charge in [0.05, 0.1) is 12.1 Å². The van der Waals surface area contributed by atoms with Gasteiger partial charge in [-0.2, -0.15) is 0 Å². The normalized spacial score (nSPS) is 11.4. The fraction of sp³-hybridized carbons (Fsp3) is 0.130. The summed E-state index contributed by atoms with van der Waals surface area (Å²) >= 11 is 0. The monoisotopic (exact) mass is 402 g/mol. The van der Waals surface area contributed by atoms with Crippen LogP contribution in [0.15, 0.2) is 72.6 Å². The molecule has 150 valence electrons. The maximum atomic E-state index is 11.4. The van der Waals surface area contributed by atoms with E-state index in [0.717, 1.165) is 22.2 Å². The number of furan rings is 1. The van der Waals surface area contributed by atoms with Crippen molar-refractivity contribution in [2.45, 2.75) is 19.8 Å². The molecule has 0 unspecified atom stereocenters. The van der Waals surface area contributed by atoms with Crippen molar-refractivity contribution in [1.29, 1.82) is 0 Å². The van der Waals surface area contributed by atoms with E-state index < -0.39 is 5.76 Å². The van der Waals surface area contributed by atoms with E-state index in [1.54, 1.807) is 0 Å². The summed E-state index contributed by atoms with van der Waals surface area (Å²) in [5, 5.41) is 10.8. The molecular weight excluding hydrogens is 384 g/mol. The lowest BCUT2D eigenvalue weighted by molar-refractivity contribution is 0.425. The average molecular weight is 402 g/mol. The Balaban J connectivity index is 1.56. The molecule has 0 atom stereocenters. The van der Waals surface area contributed by atoms with Crippen molar-refractivity contribution >= 4 is 11.0 Å². The van der Waals surface area contributed by atoms with E-state index in [-0.39, 0.29) is 18.1 Å². The highest BCUT2D eigenvalue weighted by Gasteiger charge is 2.21. The van der Waals surface area contributed by atoms with Gasteiger partial charge in [-0.1, -0.05) is 36.4 Å². The van der Waals surface area contributed by atoms with E-state index in [0.29, 0.717) is 29.4 Å². The topological polar surface area (TPSA) is 105 Å². The van der Waals surface area contributed by atoms with E-state index in [9.17, 15) is 9.90 Å². The molecule has 3 aromatic heterocycles. The van der Waals surface area contributed by atoms with Crippen molar-refractivity contribution in [2.24, 2.45) is 0 Å². The predicted octanol–water partition coefficient (Wildman–Crippen LogP) is 4.56. The Bertz CT molecular complexity index is 1390.